The summed E-state index contributed by atoms with van der Waals surface area (Å²) in [5.74, 6) is 0.442. The highest BCUT2D eigenvalue weighted by Gasteiger charge is 2.25. The summed E-state index contributed by atoms with van der Waals surface area (Å²) in [4.78, 5) is 0. The van der Waals surface area contributed by atoms with Crippen molar-refractivity contribution >= 4 is 11.0 Å². The molecule has 0 radical (unpaired) electrons. The molecule has 2 aromatic rings. The molecule has 0 bridgehead atoms. The molecule has 2 nitrogen and oxygen atoms in total. The molecule has 0 saturated heterocycles. The second-order valence-corrected chi connectivity index (χ2v) is 5.17. The van der Waals surface area contributed by atoms with Gasteiger partial charge in [-0.05, 0) is 29.7 Å². The minimum absolute atomic E-state index is 0.0770. The maximum Gasteiger partial charge on any atom is 0.134 e. The summed E-state index contributed by atoms with van der Waals surface area (Å²) in [5.41, 5.74) is 6.69. The van der Waals surface area contributed by atoms with Crippen molar-refractivity contribution in [2.45, 2.75) is 26.8 Å². The molecular formula is C13H16FNO. The average molecular weight is 221 g/mol. The van der Waals surface area contributed by atoms with E-state index in [-0.39, 0.29) is 17.3 Å². The molecule has 2 rings (SSSR count). The Hall–Kier alpha value is -1.35. The molecule has 0 spiro atoms. The molecule has 0 aliphatic rings. The highest BCUT2D eigenvalue weighted by molar-refractivity contribution is 5.78. The summed E-state index contributed by atoms with van der Waals surface area (Å²) < 4.78 is 18.6. The van der Waals surface area contributed by atoms with Gasteiger partial charge in [-0.2, -0.15) is 0 Å². The number of halogens is 1. The summed E-state index contributed by atoms with van der Waals surface area (Å²) in [7, 11) is 0. The van der Waals surface area contributed by atoms with Gasteiger partial charge in [0.05, 0.1) is 6.04 Å². The zero-order valence-electron chi connectivity index (χ0n) is 9.75. The van der Waals surface area contributed by atoms with Gasteiger partial charge in [0.15, 0.2) is 0 Å². The maximum atomic E-state index is 13.0. The lowest BCUT2D eigenvalue weighted by Crippen LogP contribution is -2.25. The van der Waals surface area contributed by atoms with Gasteiger partial charge in [0, 0.05) is 5.39 Å². The van der Waals surface area contributed by atoms with Crippen LogP contribution in [0.25, 0.3) is 11.0 Å². The van der Waals surface area contributed by atoms with Gasteiger partial charge in [-0.3, -0.25) is 0 Å². The molecule has 1 atom stereocenters. The van der Waals surface area contributed by atoms with E-state index in [9.17, 15) is 4.39 Å². The van der Waals surface area contributed by atoms with Crippen molar-refractivity contribution in [1.29, 1.82) is 0 Å². The highest BCUT2D eigenvalue weighted by atomic mass is 19.1. The van der Waals surface area contributed by atoms with Gasteiger partial charge in [-0.1, -0.05) is 20.8 Å². The predicted molar refractivity (Wildman–Crippen MR) is 62.6 cm³/mol. The number of furan rings is 1. The lowest BCUT2D eigenvalue weighted by atomic mass is 9.86. The second kappa shape index (κ2) is 3.59. The summed E-state index contributed by atoms with van der Waals surface area (Å²) >= 11 is 0. The van der Waals surface area contributed by atoms with Gasteiger partial charge in [0.2, 0.25) is 0 Å². The number of fused-ring (bicyclic) bond motifs is 1. The van der Waals surface area contributed by atoms with Crippen LogP contribution in [0.4, 0.5) is 4.39 Å². The van der Waals surface area contributed by atoms with E-state index in [0.29, 0.717) is 11.3 Å². The molecule has 1 heterocycles. The average Bonchev–Trinajstić information content (AvgIpc) is 2.57. The number of rotatable bonds is 1. The van der Waals surface area contributed by atoms with Gasteiger partial charge < -0.3 is 10.2 Å². The fourth-order valence-electron chi connectivity index (χ4n) is 1.61. The van der Waals surface area contributed by atoms with E-state index in [1.165, 1.54) is 12.1 Å². The van der Waals surface area contributed by atoms with Gasteiger partial charge in [0.1, 0.15) is 17.2 Å². The van der Waals surface area contributed by atoms with Crippen LogP contribution >= 0.6 is 0 Å². The first-order valence-corrected chi connectivity index (χ1v) is 5.32. The normalized spacial score (nSPS) is 14.3. The van der Waals surface area contributed by atoms with Gasteiger partial charge in [-0.15, -0.1) is 0 Å². The molecule has 86 valence electrons. The van der Waals surface area contributed by atoms with Crippen LogP contribution in [0.15, 0.2) is 28.7 Å². The SMILES string of the molecule is CC(C)(C)[C@@H](N)c1cc2cc(F)ccc2o1. The van der Waals surface area contributed by atoms with Crippen molar-refractivity contribution in [3.8, 4) is 0 Å². The summed E-state index contributed by atoms with van der Waals surface area (Å²) in [6.07, 6.45) is 0. The first-order valence-electron chi connectivity index (χ1n) is 5.32. The Morgan fingerprint density at radius 3 is 2.56 bits per heavy atom. The van der Waals surface area contributed by atoms with Gasteiger partial charge in [0.25, 0.3) is 0 Å². The lowest BCUT2D eigenvalue weighted by Gasteiger charge is -2.24. The highest BCUT2D eigenvalue weighted by Crippen LogP contribution is 2.33. The molecule has 1 aromatic carbocycles. The standard InChI is InChI=1S/C13H16FNO/c1-13(2,3)12(15)11-7-8-6-9(14)4-5-10(8)16-11/h4-7,12H,15H2,1-3H3/t12-/m0/s1. The Morgan fingerprint density at radius 2 is 1.94 bits per heavy atom. The number of hydrogen-bond donors (Lipinski definition) is 1. The molecule has 0 aliphatic carbocycles. The number of nitrogens with two attached hydrogens (primary N) is 1. The van der Waals surface area contributed by atoms with Crippen LogP contribution in [-0.2, 0) is 0 Å². The third kappa shape index (κ3) is 1.95. The van der Waals surface area contributed by atoms with E-state index in [1.807, 2.05) is 26.8 Å². The van der Waals surface area contributed by atoms with Crippen LogP contribution in [0.5, 0.6) is 0 Å². The number of hydrogen-bond acceptors (Lipinski definition) is 2. The third-order valence-electron chi connectivity index (χ3n) is 2.74. The number of benzene rings is 1. The van der Waals surface area contributed by atoms with E-state index in [2.05, 4.69) is 0 Å². The fourth-order valence-corrected chi connectivity index (χ4v) is 1.61. The Kier molecular flexibility index (Phi) is 2.50. The lowest BCUT2D eigenvalue weighted by molar-refractivity contribution is 0.290. The van der Waals surface area contributed by atoms with Crippen molar-refractivity contribution in [2.24, 2.45) is 11.1 Å². The first kappa shape index (κ1) is 11.1. The Balaban J connectivity index is 2.47. The zero-order valence-corrected chi connectivity index (χ0v) is 9.75. The first-order chi connectivity index (χ1) is 7.38. The third-order valence-corrected chi connectivity index (χ3v) is 2.74. The summed E-state index contributed by atoms with van der Waals surface area (Å²) in [5, 5.41) is 0.759. The molecule has 0 fully saturated rings. The molecular weight excluding hydrogens is 205 g/mol. The van der Waals surface area contributed by atoms with Crippen molar-refractivity contribution in [3.63, 3.8) is 0 Å². The van der Waals surface area contributed by atoms with Crippen LogP contribution in [-0.4, -0.2) is 0 Å². The van der Waals surface area contributed by atoms with Crippen LogP contribution in [0.1, 0.15) is 32.6 Å². The second-order valence-electron chi connectivity index (χ2n) is 5.17. The Morgan fingerprint density at radius 1 is 1.25 bits per heavy atom. The molecule has 16 heavy (non-hydrogen) atoms. The van der Waals surface area contributed by atoms with Crippen molar-refractivity contribution in [1.82, 2.24) is 0 Å². The zero-order chi connectivity index (χ0) is 11.9. The van der Waals surface area contributed by atoms with Gasteiger partial charge in [-0.25, -0.2) is 4.39 Å². The largest absolute Gasteiger partial charge is 0.459 e. The van der Waals surface area contributed by atoms with E-state index in [0.717, 1.165) is 5.39 Å². The Bertz CT molecular complexity index is 510. The summed E-state index contributed by atoms with van der Waals surface area (Å²) in [6, 6.07) is 6.09. The molecule has 3 heteroatoms. The minimum Gasteiger partial charge on any atom is -0.459 e. The topological polar surface area (TPSA) is 39.2 Å². The predicted octanol–water partition coefficient (Wildman–Crippen LogP) is 3.62. The molecule has 0 amide bonds. The molecule has 1 aromatic heterocycles. The molecule has 2 N–H and O–H groups in total. The van der Waals surface area contributed by atoms with Gasteiger partial charge >= 0.3 is 0 Å². The monoisotopic (exact) mass is 221 g/mol. The fraction of sp³-hybridized carbons (Fsp3) is 0.385. The van der Waals surface area contributed by atoms with Crippen LogP contribution < -0.4 is 5.73 Å². The Labute approximate surface area is 94.2 Å². The van der Waals surface area contributed by atoms with Crippen molar-refractivity contribution < 1.29 is 8.81 Å². The molecule has 0 unspecified atom stereocenters. The minimum atomic E-state index is -0.260. The van der Waals surface area contributed by atoms with E-state index in [4.69, 9.17) is 10.2 Å². The molecule has 0 saturated carbocycles. The maximum absolute atomic E-state index is 13.0. The van der Waals surface area contributed by atoms with E-state index >= 15 is 0 Å². The van der Waals surface area contributed by atoms with Crippen molar-refractivity contribution in [2.75, 3.05) is 0 Å². The van der Waals surface area contributed by atoms with Crippen LogP contribution in [0, 0.1) is 11.2 Å². The molecule has 0 aliphatic heterocycles. The van der Waals surface area contributed by atoms with Crippen LogP contribution in [0.3, 0.4) is 0 Å². The van der Waals surface area contributed by atoms with Crippen molar-refractivity contribution in [3.05, 3.63) is 35.8 Å². The smallest absolute Gasteiger partial charge is 0.134 e. The van der Waals surface area contributed by atoms with Crippen LogP contribution in [0.2, 0.25) is 0 Å². The summed E-state index contributed by atoms with van der Waals surface area (Å²) in [6.45, 7) is 6.14. The van der Waals surface area contributed by atoms with E-state index < -0.39 is 0 Å². The quantitative estimate of drug-likeness (QED) is 0.798. The van der Waals surface area contributed by atoms with E-state index in [1.54, 1.807) is 6.07 Å².